The Labute approximate surface area is 118 Å². The second-order valence-corrected chi connectivity index (χ2v) is 8.42. The summed E-state index contributed by atoms with van der Waals surface area (Å²) in [6.07, 6.45) is 9.63. The van der Waals surface area contributed by atoms with E-state index < -0.39 is 0 Å². The normalized spacial score (nSPS) is 43.7. The first kappa shape index (κ1) is 13.6. The van der Waals surface area contributed by atoms with Crippen molar-refractivity contribution >= 4 is 5.78 Å². The van der Waals surface area contributed by atoms with Gasteiger partial charge in [-0.15, -0.1) is 0 Å². The molecule has 19 heavy (non-hydrogen) atoms. The van der Waals surface area contributed by atoms with Crippen molar-refractivity contribution in [3.8, 4) is 0 Å². The van der Waals surface area contributed by atoms with Gasteiger partial charge in [-0.25, -0.2) is 0 Å². The third-order valence-corrected chi connectivity index (χ3v) is 8.04. The number of carbonyl (C=O) groups is 1. The van der Waals surface area contributed by atoms with E-state index in [0.29, 0.717) is 22.0 Å². The summed E-state index contributed by atoms with van der Waals surface area (Å²) in [4.78, 5) is 11.6. The van der Waals surface area contributed by atoms with Crippen LogP contribution in [0.25, 0.3) is 0 Å². The summed E-state index contributed by atoms with van der Waals surface area (Å²) in [5.41, 5.74) is 1.52. The van der Waals surface area contributed by atoms with Crippen LogP contribution >= 0.6 is 0 Å². The summed E-state index contributed by atoms with van der Waals surface area (Å²) in [5, 5.41) is 0. The Morgan fingerprint density at radius 2 is 1.74 bits per heavy atom. The Balaban J connectivity index is 1.92. The molecule has 3 saturated carbocycles. The lowest BCUT2D eigenvalue weighted by atomic mass is 9.53. The Kier molecular flexibility index (Phi) is 2.93. The van der Waals surface area contributed by atoms with Gasteiger partial charge in [0.1, 0.15) is 5.78 Å². The minimum absolute atomic E-state index is 0.481. The lowest BCUT2D eigenvalue weighted by Crippen LogP contribution is -2.44. The highest BCUT2D eigenvalue weighted by Crippen LogP contribution is 2.73. The van der Waals surface area contributed by atoms with Gasteiger partial charge < -0.3 is 0 Å². The topological polar surface area (TPSA) is 17.1 Å². The van der Waals surface area contributed by atoms with Crippen molar-refractivity contribution in [3.63, 3.8) is 0 Å². The second kappa shape index (κ2) is 4.09. The first-order chi connectivity index (χ1) is 8.86. The van der Waals surface area contributed by atoms with Gasteiger partial charge in [-0.1, -0.05) is 34.1 Å². The fourth-order valence-corrected chi connectivity index (χ4v) is 6.10. The molecule has 0 aromatic rings. The van der Waals surface area contributed by atoms with Crippen LogP contribution in [0.4, 0.5) is 0 Å². The molecule has 0 radical (unpaired) electrons. The zero-order valence-electron chi connectivity index (χ0n) is 13.2. The number of hydrogen-bond donors (Lipinski definition) is 0. The van der Waals surface area contributed by atoms with E-state index >= 15 is 0 Å². The van der Waals surface area contributed by atoms with Crippen LogP contribution in [0.5, 0.6) is 0 Å². The summed E-state index contributed by atoms with van der Waals surface area (Å²) >= 11 is 0. The van der Waals surface area contributed by atoms with Crippen LogP contribution in [0, 0.1) is 28.1 Å². The van der Waals surface area contributed by atoms with E-state index in [-0.39, 0.29) is 0 Å². The van der Waals surface area contributed by atoms with Crippen molar-refractivity contribution in [2.45, 2.75) is 79.1 Å². The van der Waals surface area contributed by atoms with E-state index in [4.69, 9.17) is 0 Å². The highest BCUT2D eigenvalue weighted by Gasteiger charge is 2.65. The Morgan fingerprint density at radius 3 is 2.16 bits per heavy atom. The Morgan fingerprint density at radius 1 is 1.11 bits per heavy atom. The average Bonchev–Trinajstić information content (AvgIpc) is 2.73. The van der Waals surface area contributed by atoms with E-state index in [0.717, 1.165) is 24.7 Å². The SMILES string of the molecule is CCC1([C@H]2C[C@@H]3CC[C@@]2(C)C3(C)C)CCC(=O)CC1. The van der Waals surface area contributed by atoms with Crippen LogP contribution < -0.4 is 0 Å². The maximum atomic E-state index is 11.6. The van der Waals surface area contributed by atoms with Crippen molar-refractivity contribution in [1.29, 1.82) is 0 Å². The summed E-state index contributed by atoms with van der Waals surface area (Å²) in [6.45, 7) is 9.97. The Hall–Kier alpha value is -0.330. The zero-order chi connectivity index (χ0) is 13.9. The van der Waals surface area contributed by atoms with E-state index in [1.165, 1.54) is 38.5 Å². The number of hydrogen-bond acceptors (Lipinski definition) is 1. The van der Waals surface area contributed by atoms with Crippen molar-refractivity contribution in [2.24, 2.45) is 28.1 Å². The molecule has 0 N–H and O–H groups in total. The zero-order valence-corrected chi connectivity index (χ0v) is 13.2. The molecule has 3 rings (SSSR count). The van der Waals surface area contributed by atoms with Gasteiger partial charge in [0.05, 0.1) is 0 Å². The van der Waals surface area contributed by atoms with Crippen LogP contribution in [-0.2, 0) is 4.79 Å². The highest BCUT2D eigenvalue weighted by atomic mass is 16.1. The van der Waals surface area contributed by atoms with Gasteiger partial charge in [0.25, 0.3) is 0 Å². The number of fused-ring (bicyclic) bond motifs is 2. The first-order valence-electron chi connectivity index (χ1n) is 8.37. The maximum Gasteiger partial charge on any atom is 0.132 e. The van der Waals surface area contributed by atoms with Crippen LogP contribution in [-0.4, -0.2) is 5.78 Å². The van der Waals surface area contributed by atoms with Gasteiger partial charge in [-0.05, 0) is 60.2 Å². The van der Waals surface area contributed by atoms with Gasteiger partial charge in [0.15, 0.2) is 0 Å². The fraction of sp³-hybridized carbons (Fsp3) is 0.944. The lowest BCUT2D eigenvalue weighted by Gasteiger charge is -2.51. The van der Waals surface area contributed by atoms with Crippen molar-refractivity contribution < 1.29 is 4.79 Å². The molecule has 0 spiro atoms. The summed E-state index contributed by atoms with van der Waals surface area (Å²) in [6, 6.07) is 0. The molecule has 3 aliphatic carbocycles. The van der Waals surface area contributed by atoms with Gasteiger partial charge >= 0.3 is 0 Å². The van der Waals surface area contributed by atoms with Crippen molar-refractivity contribution in [1.82, 2.24) is 0 Å². The predicted molar refractivity (Wildman–Crippen MR) is 78.9 cm³/mol. The number of Topliss-reactive ketones (excluding diaryl/α,β-unsaturated/α-hetero) is 1. The minimum atomic E-state index is 0.481. The predicted octanol–water partition coefficient (Wildman–Crippen LogP) is 4.99. The van der Waals surface area contributed by atoms with E-state index in [9.17, 15) is 4.79 Å². The fourth-order valence-electron chi connectivity index (χ4n) is 6.10. The molecule has 0 aliphatic heterocycles. The Bertz CT molecular complexity index is 384. The molecule has 0 amide bonds. The van der Waals surface area contributed by atoms with Crippen LogP contribution in [0.3, 0.4) is 0 Å². The van der Waals surface area contributed by atoms with Gasteiger partial charge in [0.2, 0.25) is 0 Å². The van der Waals surface area contributed by atoms with Crippen LogP contribution in [0.2, 0.25) is 0 Å². The summed E-state index contributed by atoms with van der Waals surface area (Å²) < 4.78 is 0. The quantitative estimate of drug-likeness (QED) is 0.685. The molecule has 1 heteroatoms. The molecule has 0 saturated heterocycles. The number of carbonyl (C=O) groups excluding carboxylic acids is 1. The summed E-state index contributed by atoms with van der Waals surface area (Å²) in [5.74, 6) is 2.31. The molecule has 3 aliphatic rings. The molecular formula is C18H30O. The van der Waals surface area contributed by atoms with E-state index in [1.807, 2.05) is 0 Å². The minimum Gasteiger partial charge on any atom is -0.300 e. The molecule has 3 atom stereocenters. The third kappa shape index (κ3) is 1.63. The van der Waals surface area contributed by atoms with E-state index in [2.05, 4.69) is 27.7 Å². The molecule has 0 aromatic carbocycles. The molecule has 3 fully saturated rings. The van der Waals surface area contributed by atoms with Gasteiger partial charge in [0, 0.05) is 12.8 Å². The molecule has 2 bridgehead atoms. The molecule has 1 nitrogen and oxygen atoms in total. The largest absolute Gasteiger partial charge is 0.300 e. The van der Waals surface area contributed by atoms with Crippen molar-refractivity contribution in [2.75, 3.05) is 0 Å². The maximum absolute atomic E-state index is 11.6. The molecule has 0 heterocycles. The average molecular weight is 262 g/mol. The second-order valence-electron chi connectivity index (χ2n) is 8.42. The highest BCUT2D eigenvalue weighted by molar-refractivity contribution is 5.79. The summed E-state index contributed by atoms with van der Waals surface area (Å²) in [7, 11) is 0. The number of rotatable bonds is 2. The molecule has 108 valence electrons. The van der Waals surface area contributed by atoms with Crippen molar-refractivity contribution in [3.05, 3.63) is 0 Å². The standard InChI is InChI=1S/C18H30O/c1-5-18(10-7-14(19)8-11-18)15-12-13-6-9-17(15,4)16(13,2)3/h13,15H,5-12H2,1-4H3/t13-,15-,17+/m0/s1. The molecule has 0 unspecified atom stereocenters. The van der Waals surface area contributed by atoms with E-state index in [1.54, 1.807) is 0 Å². The monoisotopic (exact) mass is 262 g/mol. The van der Waals surface area contributed by atoms with Crippen LogP contribution in [0.15, 0.2) is 0 Å². The molecule has 0 aromatic heterocycles. The number of ketones is 1. The lowest BCUT2D eigenvalue weighted by molar-refractivity contribution is -0.125. The van der Waals surface area contributed by atoms with Gasteiger partial charge in [-0.2, -0.15) is 0 Å². The smallest absolute Gasteiger partial charge is 0.132 e. The van der Waals surface area contributed by atoms with Gasteiger partial charge in [-0.3, -0.25) is 4.79 Å². The first-order valence-corrected chi connectivity index (χ1v) is 8.37. The third-order valence-electron chi connectivity index (χ3n) is 8.04. The van der Waals surface area contributed by atoms with Crippen LogP contribution in [0.1, 0.15) is 79.1 Å². The molecular weight excluding hydrogens is 232 g/mol.